The van der Waals surface area contributed by atoms with Gasteiger partial charge in [0.1, 0.15) is 17.3 Å². The average molecular weight is 390 g/mol. The summed E-state index contributed by atoms with van der Waals surface area (Å²) in [5, 5.41) is 2.63. The van der Waals surface area contributed by atoms with E-state index in [9.17, 15) is 9.18 Å². The Kier molecular flexibility index (Phi) is 5.79. The molecule has 5 nitrogen and oxygen atoms in total. The second-order valence-electron chi connectivity index (χ2n) is 7.34. The van der Waals surface area contributed by atoms with Crippen LogP contribution in [0, 0.1) is 11.7 Å². The number of anilines is 2. The summed E-state index contributed by atoms with van der Waals surface area (Å²) in [5.41, 5.74) is 1.98. The molecular weight excluding hydrogens is 367 g/mol. The van der Waals surface area contributed by atoms with E-state index in [-0.39, 0.29) is 5.69 Å². The normalized spacial score (nSPS) is 14.6. The summed E-state index contributed by atoms with van der Waals surface area (Å²) in [6.45, 7) is 1.86. The Morgan fingerprint density at radius 2 is 1.83 bits per heavy atom. The molecule has 1 N–H and O–H groups in total. The van der Waals surface area contributed by atoms with E-state index in [4.69, 9.17) is 0 Å². The van der Waals surface area contributed by atoms with Crippen LogP contribution in [0.5, 0.6) is 0 Å². The van der Waals surface area contributed by atoms with Gasteiger partial charge in [-0.1, -0.05) is 36.4 Å². The standard InChI is InChI=1S/C23H23FN4O/c24-19-7-4-8-20(14-19)27-23(29)21-15-26-22(16-25-21)28-11-9-18(10-12-28)13-17-5-2-1-3-6-17/h1-8,14-16,18H,9-13H2,(H,27,29). The molecule has 0 atom stereocenters. The van der Waals surface area contributed by atoms with Gasteiger partial charge in [-0.05, 0) is 48.9 Å². The summed E-state index contributed by atoms with van der Waals surface area (Å²) in [4.78, 5) is 23.2. The number of amides is 1. The van der Waals surface area contributed by atoms with Crippen molar-refractivity contribution in [3.05, 3.63) is 84.1 Å². The molecule has 3 aromatic rings. The maximum atomic E-state index is 13.2. The van der Waals surface area contributed by atoms with Gasteiger partial charge in [0, 0.05) is 18.8 Å². The van der Waals surface area contributed by atoms with E-state index in [1.807, 2.05) is 6.07 Å². The summed E-state index contributed by atoms with van der Waals surface area (Å²) in [5.74, 6) is 0.652. The SMILES string of the molecule is O=C(Nc1cccc(F)c1)c1cnc(N2CCC(Cc3ccccc3)CC2)cn1. The van der Waals surface area contributed by atoms with Crippen LogP contribution in [0.4, 0.5) is 15.9 Å². The Labute approximate surface area is 169 Å². The van der Waals surface area contributed by atoms with Gasteiger partial charge in [-0.15, -0.1) is 0 Å². The zero-order valence-corrected chi connectivity index (χ0v) is 16.1. The molecule has 4 rings (SSSR count). The van der Waals surface area contributed by atoms with Crippen LogP contribution in [0.1, 0.15) is 28.9 Å². The van der Waals surface area contributed by atoms with Crippen molar-refractivity contribution in [1.29, 1.82) is 0 Å². The minimum atomic E-state index is -0.406. The number of hydrogen-bond acceptors (Lipinski definition) is 4. The first kappa shape index (κ1) is 19.1. The second kappa shape index (κ2) is 8.82. The van der Waals surface area contributed by atoms with E-state index in [0.717, 1.165) is 38.2 Å². The molecule has 1 aromatic heterocycles. The summed E-state index contributed by atoms with van der Waals surface area (Å²) in [7, 11) is 0. The molecule has 0 bridgehead atoms. The monoisotopic (exact) mass is 390 g/mol. The lowest BCUT2D eigenvalue weighted by Crippen LogP contribution is -2.35. The zero-order valence-electron chi connectivity index (χ0n) is 16.1. The Morgan fingerprint density at radius 3 is 2.52 bits per heavy atom. The van der Waals surface area contributed by atoms with Gasteiger partial charge in [0.2, 0.25) is 0 Å². The summed E-state index contributed by atoms with van der Waals surface area (Å²) in [6.07, 6.45) is 6.44. The van der Waals surface area contributed by atoms with Crippen LogP contribution in [0.15, 0.2) is 67.0 Å². The fourth-order valence-electron chi connectivity index (χ4n) is 3.68. The lowest BCUT2D eigenvalue weighted by atomic mass is 9.90. The Balaban J connectivity index is 1.32. The van der Waals surface area contributed by atoms with Gasteiger partial charge >= 0.3 is 0 Å². The molecule has 0 spiro atoms. The third-order valence-corrected chi connectivity index (χ3v) is 5.26. The molecule has 0 saturated carbocycles. The van der Waals surface area contributed by atoms with Crippen molar-refractivity contribution in [3.8, 4) is 0 Å². The van der Waals surface area contributed by atoms with Gasteiger partial charge in [0.15, 0.2) is 0 Å². The number of nitrogens with zero attached hydrogens (tertiary/aromatic N) is 3. The molecule has 148 valence electrons. The number of benzene rings is 2. The van der Waals surface area contributed by atoms with Crippen LogP contribution >= 0.6 is 0 Å². The number of piperidine rings is 1. The molecule has 2 heterocycles. The van der Waals surface area contributed by atoms with E-state index in [1.54, 1.807) is 18.3 Å². The molecule has 0 unspecified atom stereocenters. The van der Waals surface area contributed by atoms with Crippen molar-refractivity contribution in [2.24, 2.45) is 5.92 Å². The van der Waals surface area contributed by atoms with Crippen molar-refractivity contribution < 1.29 is 9.18 Å². The summed E-state index contributed by atoms with van der Waals surface area (Å²) < 4.78 is 13.2. The number of aromatic nitrogens is 2. The van der Waals surface area contributed by atoms with Crippen molar-refractivity contribution in [2.45, 2.75) is 19.3 Å². The smallest absolute Gasteiger partial charge is 0.275 e. The Morgan fingerprint density at radius 1 is 1.03 bits per heavy atom. The first-order valence-electron chi connectivity index (χ1n) is 9.85. The fraction of sp³-hybridized carbons (Fsp3) is 0.261. The Hall–Kier alpha value is -3.28. The number of nitrogens with one attached hydrogen (secondary N) is 1. The predicted octanol–water partition coefficient (Wildman–Crippen LogP) is 4.33. The highest BCUT2D eigenvalue weighted by Crippen LogP contribution is 2.24. The average Bonchev–Trinajstić information content (AvgIpc) is 2.75. The molecule has 1 aliphatic rings. The molecular formula is C23H23FN4O. The van der Waals surface area contributed by atoms with Crippen LogP contribution in [-0.2, 0) is 6.42 Å². The van der Waals surface area contributed by atoms with Gasteiger partial charge < -0.3 is 10.2 Å². The molecule has 6 heteroatoms. The van der Waals surface area contributed by atoms with Crippen LogP contribution in [0.25, 0.3) is 0 Å². The maximum Gasteiger partial charge on any atom is 0.275 e. The number of halogens is 1. The van der Waals surface area contributed by atoms with Gasteiger partial charge in [0.25, 0.3) is 5.91 Å². The summed E-state index contributed by atoms with van der Waals surface area (Å²) >= 11 is 0. The number of carbonyl (C=O) groups excluding carboxylic acids is 1. The van der Waals surface area contributed by atoms with Gasteiger partial charge in [-0.2, -0.15) is 0 Å². The lowest BCUT2D eigenvalue weighted by molar-refractivity contribution is 0.102. The lowest BCUT2D eigenvalue weighted by Gasteiger charge is -2.32. The molecule has 29 heavy (non-hydrogen) atoms. The highest BCUT2D eigenvalue weighted by Gasteiger charge is 2.21. The zero-order chi connectivity index (χ0) is 20.1. The molecule has 0 radical (unpaired) electrons. The minimum Gasteiger partial charge on any atom is -0.355 e. The van der Waals surface area contributed by atoms with Crippen molar-refractivity contribution >= 4 is 17.4 Å². The van der Waals surface area contributed by atoms with Crippen molar-refractivity contribution in [3.63, 3.8) is 0 Å². The van der Waals surface area contributed by atoms with E-state index in [1.165, 1.54) is 23.9 Å². The first-order chi connectivity index (χ1) is 14.2. The Bertz CT molecular complexity index is 954. The molecule has 1 fully saturated rings. The molecule has 1 amide bonds. The predicted molar refractivity (Wildman–Crippen MR) is 111 cm³/mol. The number of rotatable bonds is 5. The van der Waals surface area contributed by atoms with Gasteiger partial charge in [-0.25, -0.2) is 14.4 Å². The summed E-state index contributed by atoms with van der Waals surface area (Å²) in [6, 6.07) is 16.4. The molecule has 1 saturated heterocycles. The van der Waals surface area contributed by atoms with E-state index in [2.05, 4.69) is 44.5 Å². The molecule has 2 aromatic carbocycles. The van der Waals surface area contributed by atoms with Crippen molar-refractivity contribution in [2.75, 3.05) is 23.3 Å². The highest BCUT2D eigenvalue weighted by molar-refractivity contribution is 6.02. The largest absolute Gasteiger partial charge is 0.355 e. The van der Waals surface area contributed by atoms with E-state index < -0.39 is 11.7 Å². The third kappa shape index (κ3) is 4.96. The number of hydrogen-bond donors (Lipinski definition) is 1. The molecule has 0 aliphatic carbocycles. The van der Waals surface area contributed by atoms with Crippen LogP contribution in [0.3, 0.4) is 0 Å². The topological polar surface area (TPSA) is 58.1 Å². The molecule has 1 aliphatic heterocycles. The van der Waals surface area contributed by atoms with E-state index in [0.29, 0.717) is 11.6 Å². The number of carbonyl (C=O) groups is 1. The van der Waals surface area contributed by atoms with E-state index >= 15 is 0 Å². The van der Waals surface area contributed by atoms with Crippen LogP contribution in [-0.4, -0.2) is 29.0 Å². The van der Waals surface area contributed by atoms with Gasteiger partial charge in [0.05, 0.1) is 12.4 Å². The quantitative estimate of drug-likeness (QED) is 0.705. The highest BCUT2D eigenvalue weighted by atomic mass is 19.1. The first-order valence-corrected chi connectivity index (χ1v) is 9.85. The van der Waals surface area contributed by atoms with Gasteiger partial charge in [-0.3, -0.25) is 4.79 Å². The second-order valence-corrected chi connectivity index (χ2v) is 7.34. The van der Waals surface area contributed by atoms with Crippen molar-refractivity contribution in [1.82, 2.24) is 9.97 Å². The minimum absolute atomic E-state index is 0.206. The fourth-order valence-corrected chi connectivity index (χ4v) is 3.68. The maximum absolute atomic E-state index is 13.2. The van der Waals surface area contributed by atoms with Crippen LogP contribution < -0.4 is 10.2 Å². The third-order valence-electron chi connectivity index (χ3n) is 5.26. The van der Waals surface area contributed by atoms with Crippen LogP contribution in [0.2, 0.25) is 0 Å².